The van der Waals surface area contributed by atoms with E-state index in [0.29, 0.717) is 50.5 Å². The van der Waals surface area contributed by atoms with Gasteiger partial charge in [-0.05, 0) is 125 Å². The maximum atomic E-state index is 14.0. The van der Waals surface area contributed by atoms with E-state index < -0.39 is 64.8 Å². The molecule has 0 amide bonds. The summed E-state index contributed by atoms with van der Waals surface area (Å²) in [6, 6.07) is 6.97. The molecule has 0 aromatic carbocycles. The van der Waals surface area contributed by atoms with Gasteiger partial charge in [-0.3, -0.25) is 33.7 Å². The van der Waals surface area contributed by atoms with Crippen LogP contribution in [0.3, 0.4) is 0 Å². The molecule has 6 N–H and O–H groups in total. The molecular weight excluding hydrogens is 943 g/mol. The van der Waals surface area contributed by atoms with Crippen LogP contribution in [0.1, 0.15) is 110 Å². The molecule has 7 heterocycles. The van der Waals surface area contributed by atoms with Crippen molar-refractivity contribution in [2.75, 3.05) is 19.8 Å². The Morgan fingerprint density at radius 1 is 0.904 bits per heavy atom. The van der Waals surface area contributed by atoms with E-state index in [-0.39, 0.29) is 57.5 Å². The topological polar surface area (TPSA) is 318 Å². The number of allylic oxidation sites excluding steroid dienone is 5. The number of carbonyl (C=O) groups excluding carboxylic acids is 2. The van der Waals surface area contributed by atoms with Gasteiger partial charge in [0.05, 0.1) is 65.7 Å². The molecule has 21 nitrogen and oxygen atoms in total. The van der Waals surface area contributed by atoms with Crippen molar-refractivity contribution >= 4 is 68.7 Å². The number of azide groups is 1. The van der Waals surface area contributed by atoms with Crippen LogP contribution in [0.2, 0.25) is 0 Å². The molecule has 4 aliphatic rings. The van der Waals surface area contributed by atoms with E-state index in [0.717, 1.165) is 38.9 Å². The van der Waals surface area contributed by atoms with Gasteiger partial charge in [0.25, 0.3) is 5.56 Å². The molecule has 5 atom stereocenters. The second kappa shape index (κ2) is 21.7. The Morgan fingerprint density at radius 2 is 1.56 bits per heavy atom. The van der Waals surface area contributed by atoms with Crippen LogP contribution in [0.15, 0.2) is 69.5 Å². The highest BCUT2D eigenvalue weighted by atomic mass is 16.5. The quantitative estimate of drug-likeness (QED) is 0.0315. The maximum Gasteiger partial charge on any atom is 0.334 e. The zero-order valence-corrected chi connectivity index (χ0v) is 41.5. The first kappa shape index (κ1) is 52.7. The van der Waals surface area contributed by atoms with E-state index in [1.807, 2.05) is 52.0 Å². The molecular formula is C52H57N9O12. The molecule has 0 saturated carbocycles. The molecule has 3 aliphatic heterocycles. The van der Waals surface area contributed by atoms with Crippen LogP contribution >= 0.6 is 0 Å². The third-order valence-corrected chi connectivity index (χ3v) is 13.7. The monoisotopic (exact) mass is 999 g/mol. The van der Waals surface area contributed by atoms with E-state index in [1.165, 1.54) is 10.8 Å². The predicted molar refractivity (Wildman–Crippen MR) is 271 cm³/mol. The molecule has 1 aliphatic carbocycles. The number of H-pyrrole nitrogens is 3. The summed E-state index contributed by atoms with van der Waals surface area (Å²) in [4.78, 5) is 95.8. The molecule has 0 radical (unpaired) electrons. The zero-order valence-electron chi connectivity index (χ0n) is 41.5. The number of aromatic nitrogens is 6. The van der Waals surface area contributed by atoms with Crippen molar-refractivity contribution in [1.29, 1.82) is 0 Å². The number of rotatable bonds is 14. The van der Waals surface area contributed by atoms with Gasteiger partial charge in [0.1, 0.15) is 12.1 Å². The van der Waals surface area contributed by atoms with Crippen molar-refractivity contribution in [2.45, 2.75) is 104 Å². The summed E-state index contributed by atoms with van der Waals surface area (Å²) in [5, 5.41) is 31.9. The lowest BCUT2D eigenvalue weighted by atomic mass is 9.64. The second-order valence-corrected chi connectivity index (χ2v) is 18.1. The van der Waals surface area contributed by atoms with Gasteiger partial charge in [-0.15, -0.1) is 0 Å². The first-order valence-electron chi connectivity index (χ1n) is 23.7. The van der Waals surface area contributed by atoms with Crippen LogP contribution in [0.4, 0.5) is 0 Å². The van der Waals surface area contributed by atoms with E-state index in [1.54, 1.807) is 39.0 Å². The minimum absolute atomic E-state index is 0.0891. The third-order valence-electron chi connectivity index (χ3n) is 13.7. The minimum Gasteiger partial charge on any atom is -0.481 e. The molecule has 382 valence electrons. The summed E-state index contributed by atoms with van der Waals surface area (Å²) in [6.45, 7) is 16.6. The molecule has 1 saturated heterocycles. The highest BCUT2D eigenvalue weighted by Crippen LogP contribution is 2.52. The van der Waals surface area contributed by atoms with Gasteiger partial charge < -0.3 is 39.5 Å². The number of nitrogens with one attached hydrogen (secondary N) is 3. The lowest BCUT2D eigenvalue weighted by Crippen LogP contribution is -2.42. The van der Waals surface area contributed by atoms with Gasteiger partial charge in [0.2, 0.25) is 0 Å². The number of nitrogens with zero attached hydrogens (tertiary/aromatic N) is 6. The maximum absolute atomic E-state index is 14.0. The fraction of sp³-hybridized carbons (Fsp3) is 0.385. The number of ether oxygens (including phenoxy) is 3. The molecule has 21 heteroatoms. The summed E-state index contributed by atoms with van der Waals surface area (Å²) < 4.78 is 17.7. The number of carboxylic acid groups (broad SMARTS) is 2. The van der Waals surface area contributed by atoms with Crippen LogP contribution in [0.5, 0.6) is 0 Å². The Bertz CT molecular complexity index is 3390. The van der Waals surface area contributed by atoms with Crippen molar-refractivity contribution in [3.8, 4) is 0 Å². The van der Waals surface area contributed by atoms with E-state index in [4.69, 9.17) is 34.8 Å². The van der Waals surface area contributed by atoms with Crippen molar-refractivity contribution < 1.29 is 48.7 Å². The summed E-state index contributed by atoms with van der Waals surface area (Å²) in [7, 11) is 0. The van der Waals surface area contributed by atoms with Crippen LogP contribution in [-0.4, -0.2) is 101 Å². The average Bonchev–Trinajstić information content (AvgIpc) is 4.11. The molecule has 4 aromatic heterocycles. The molecule has 8 rings (SSSR count). The number of hydrogen-bond donors (Lipinski definition) is 6. The molecule has 2 unspecified atom stereocenters. The number of esters is 2. The predicted octanol–water partition coefficient (Wildman–Crippen LogP) is 7.21. The summed E-state index contributed by atoms with van der Waals surface area (Å²) in [6.07, 6.45) is 5.74. The van der Waals surface area contributed by atoms with Gasteiger partial charge >= 0.3 is 29.6 Å². The SMILES string of the molecule is C=Cc1c(C)c2cc3nc(cc4[nH]c(cc5nc(cc1[nH]2)C1(C)C5=CC=C(C(=O)OCC)C1C(=O)OCC)c(C)c4CCC(=O)O)C(CCC(=O)O)=C3C.Cc1cn([C@H]2C[C@H](N=[N+]=[N-])[C@@H](CO)O2)c(=O)[nH]c1=O. The fourth-order valence-electron chi connectivity index (χ4n) is 9.83. The Hall–Kier alpha value is -8.13. The number of aliphatic hydroxyl groups is 1. The van der Waals surface area contributed by atoms with Gasteiger partial charge in [0.15, 0.2) is 0 Å². The van der Waals surface area contributed by atoms with Crippen LogP contribution in [0, 0.1) is 26.7 Å². The lowest BCUT2D eigenvalue weighted by molar-refractivity contribution is -0.151. The second-order valence-electron chi connectivity index (χ2n) is 18.1. The van der Waals surface area contributed by atoms with Gasteiger partial charge in [-0.25, -0.2) is 14.6 Å². The van der Waals surface area contributed by atoms with Crippen molar-refractivity contribution in [3.05, 3.63) is 137 Å². The Balaban J connectivity index is 0.000000343. The highest BCUT2D eigenvalue weighted by molar-refractivity contribution is 6.02. The molecule has 1 fully saturated rings. The highest BCUT2D eigenvalue weighted by Gasteiger charge is 2.54. The van der Waals surface area contributed by atoms with E-state index in [9.17, 15) is 39.0 Å². The largest absolute Gasteiger partial charge is 0.481 e. The van der Waals surface area contributed by atoms with Crippen molar-refractivity contribution in [3.63, 3.8) is 0 Å². The number of aromatic amines is 3. The normalized spacial score (nSPS) is 19.9. The first-order valence-corrected chi connectivity index (χ1v) is 23.7. The van der Waals surface area contributed by atoms with Crippen LogP contribution < -0.4 is 11.2 Å². The van der Waals surface area contributed by atoms with Crippen LogP contribution in [0.25, 0.3) is 55.3 Å². The number of aliphatic hydroxyl groups excluding tert-OH is 1. The number of hydrogen-bond acceptors (Lipinski definition) is 13. The fourth-order valence-corrected chi connectivity index (χ4v) is 9.83. The number of aryl methyl sites for hydroxylation is 4. The summed E-state index contributed by atoms with van der Waals surface area (Å²) in [5.41, 5.74) is 17.3. The molecule has 0 spiro atoms. The third kappa shape index (κ3) is 10.3. The standard InChI is InChI=1S/C42H44N4O8.C10H13N5O4/c1-8-24-21(4)29-17-30-22(5)25(12-15-37(47)48)32(43-30)19-33-26(13-16-38(49)50)23(6)31(44-33)18-35-28-14-11-27(40(51)53-9-2)39(41(52)54-10-3)42(28,7)36(46-35)20-34(24)45-29;1-5-3-15(10(18)12-9(5)17)8-2-6(13-14-11)7(4-16)19-8/h8,11,14,17-20,39,44-45H,1,9-10,12-13,15-16H2,2-7H3,(H,47,48)(H,49,50);3,6-8,16H,2,4H2,1H3,(H,12,17,18)/t;6-,7+,8+/m.0/s1. The van der Waals surface area contributed by atoms with Crippen LogP contribution in [-0.2, 0) is 45.2 Å². The Morgan fingerprint density at radius 3 is 2.22 bits per heavy atom. The lowest BCUT2D eigenvalue weighted by Gasteiger charge is -2.36. The van der Waals surface area contributed by atoms with Crippen molar-refractivity contribution in [2.24, 2.45) is 11.0 Å². The van der Waals surface area contributed by atoms with E-state index in [2.05, 4.69) is 31.6 Å². The smallest absolute Gasteiger partial charge is 0.334 e. The first-order chi connectivity index (χ1) is 34.8. The Labute approximate surface area is 417 Å². The van der Waals surface area contributed by atoms with Gasteiger partial charge in [-0.2, -0.15) is 0 Å². The average molecular weight is 1000 g/mol. The number of carbonyl (C=O) groups is 4. The molecule has 4 aromatic rings. The minimum atomic E-state index is -1.18. The van der Waals surface area contributed by atoms with Crippen molar-refractivity contribution in [1.82, 2.24) is 29.5 Å². The van der Waals surface area contributed by atoms with Gasteiger partial charge in [-0.1, -0.05) is 29.9 Å². The molecule has 8 bridgehead atoms. The Kier molecular flexibility index (Phi) is 15.7. The van der Waals surface area contributed by atoms with E-state index >= 15 is 0 Å². The zero-order chi connectivity index (χ0) is 53.1. The molecule has 73 heavy (non-hydrogen) atoms. The van der Waals surface area contributed by atoms with Gasteiger partial charge in [0, 0.05) is 63.6 Å². The summed E-state index contributed by atoms with van der Waals surface area (Å²) in [5.74, 6) is -4.17. The number of aliphatic carboxylic acids is 2. The summed E-state index contributed by atoms with van der Waals surface area (Å²) >= 11 is 0. The number of carboxylic acids is 2. The number of fused-ring (bicyclic) bond motifs is 11.